The van der Waals surface area contributed by atoms with Crippen molar-refractivity contribution in [2.24, 2.45) is 5.10 Å². The number of aromatic nitrogens is 3. The van der Waals surface area contributed by atoms with Gasteiger partial charge in [0.1, 0.15) is 15.9 Å². The van der Waals surface area contributed by atoms with Gasteiger partial charge in [-0.3, -0.25) is 10.4 Å². The minimum Gasteiger partial charge on any atom is -0.744 e. The Balaban J connectivity index is 0.00000149. The number of carbonyl (C=O) groups excluding carboxylic acids is 2. The molecule has 1 saturated heterocycles. The smallest absolute Gasteiger partial charge is 0.744 e. The van der Waals surface area contributed by atoms with Gasteiger partial charge in [0.15, 0.2) is 0 Å². The van der Waals surface area contributed by atoms with E-state index in [2.05, 4.69) is 36.9 Å². The average molecular weight is 712 g/mol. The number of fused-ring (bicyclic) bond motifs is 1. The van der Waals surface area contributed by atoms with Gasteiger partial charge in [-0.05, 0) is 31.9 Å². The van der Waals surface area contributed by atoms with Crippen molar-refractivity contribution in [3.05, 3.63) is 69.6 Å². The van der Waals surface area contributed by atoms with Gasteiger partial charge in [0, 0.05) is 34.4 Å². The van der Waals surface area contributed by atoms with E-state index in [9.17, 15) is 32.5 Å². The number of anilines is 4. The van der Waals surface area contributed by atoms with Gasteiger partial charge in [0.2, 0.25) is 11.9 Å². The summed E-state index contributed by atoms with van der Waals surface area (Å²) in [4.78, 5) is 49.0. The molecule has 2 aromatic carbocycles. The molecule has 0 amide bonds. The summed E-state index contributed by atoms with van der Waals surface area (Å²) in [5.41, 5.74) is 1.18. The van der Waals surface area contributed by atoms with Crippen LogP contribution in [-0.2, 0) is 20.7 Å². The van der Waals surface area contributed by atoms with Crippen LogP contribution in [0.25, 0.3) is 6.08 Å². The van der Waals surface area contributed by atoms with Gasteiger partial charge in [-0.25, -0.2) is 13.2 Å². The molecule has 22 heteroatoms. The van der Waals surface area contributed by atoms with Gasteiger partial charge in [-0.15, -0.1) is 18.2 Å². The van der Waals surface area contributed by atoms with Crippen LogP contribution >= 0.6 is 0 Å². The quantitative estimate of drug-likeness (QED) is 0.0889. The number of ketones is 1. The molecule has 1 aliphatic heterocycles. The fraction of sp³-hybridized carbons (Fsp3) is 0.200. The van der Waals surface area contributed by atoms with Gasteiger partial charge >= 0.3 is 105 Å². The van der Waals surface area contributed by atoms with Crippen LogP contribution in [0.5, 0.6) is 0 Å². The second kappa shape index (κ2) is 18.5. The topological polar surface area (TPSA) is 264 Å². The zero-order valence-electron chi connectivity index (χ0n) is 25.4. The molecule has 1 aliphatic carbocycles. The molecular weight excluding hydrogens is 691 g/mol. The number of hydrazone groups is 1. The molecule has 1 fully saturated rings. The number of hydrogen-bond acceptors (Lipinski definition) is 16. The van der Waals surface area contributed by atoms with E-state index < -0.39 is 43.1 Å². The van der Waals surface area contributed by atoms with E-state index in [1.54, 1.807) is 6.07 Å². The number of para-hydroxylation sites is 1. The molecule has 2 heterocycles. The predicted molar refractivity (Wildman–Crippen MR) is 150 cm³/mol. The summed E-state index contributed by atoms with van der Waals surface area (Å²) in [6.45, 7) is 2.60. The molecule has 2 aliphatic rings. The summed E-state index contributed by atoms with van der Waals surface area (Å²) < 4.78 is 60.9. The summed E-state index contributed by atoms with van der Waals surface area (Å²) in [5.74, 6) is -2.18. The minimum absolute atomic E-state index is 0. The van der Waals surface area contributed by atoms with Gasteiger partial charge in [-0.2, -0.15) is 27.2 Å². The maximum Gasteiger partial charge on any atom is 1.00 e. The number of aromatic amines is 1. The maximum absolute atomic E-state index is 13.5. The molecule has 0 saturated carbocycles. The molecular formula is C25H20N7Na3O10S2. The molecule has 3 aromatic rings. The fourth-order valence-electron chi connectivity index (χ4n) is 4.45. The van der Waals surface area contributed by atoms with Crippen LogP contribution in [-0.4, -0.2) is 70.6 Å². The Morgan fingerprint density at radius 2 is 1.77 bits per heavy atom. The predicted octanol–water partition coefficient (Wildman–Crippen LogP) is -9.35. The molecule has 1 unspecified atom stereocenters. The number of rotatable bonds is 7. The first kappa shape index (κ1) is 42.8. The van der Waals surface area contributed by atoms with Crippen molar-refractivity contribution >= 4 is 67.5 Å². The first-order chi connectivity index (χ1) is 20.7. The van der Waals surface area contributed by atoms with Crippen LogP contribution in [0.1, 0.15) is 46.0 Å². The standard InChI is InChI=1S/C25H22N7O7S.3Na.O3S/c1-13-5-4-10-32(13)24-27-23(28-25(36)29-24)26-19-12-15(40(37,38)39)11-14-8-9-18(21(33)20(14)19)31-30-17-7-3-2-6-16(17)22(34)35;;;;1-4(2)3/h2-3,6-8,11-13,30H,4-5,10H2,1H3,(H,34,35)(H,37,38,39)(H2,26,27,28,29,36);;;;/q-1;3*+1;/p-2. The summed E-state index contributed by atoms with van der Waals surface area (Å²) in [6.07, 6.45) is 5.63. The van der Waals surface area contributed by atoms with Crippen molar-refractivity contribution < 1.29 is 129 Å². The second-order valence-corrected chi connectivity index (χ2v) is 11.0. The Kier molecular flexibility index (Phi) is 16.8. The van der Waals surface area contributed by atoms with E-state index in [1.165, 1.54) is 24.3 Å². The van der Waals surface area contributed by atoms with Crippen LogP contribution in [0.3, 0.4) is 0 Å². The molecule has 5 rings (SSSR count). The monoisotopic (exact) mass is 711 g/mol. The van der Waals surface area contributed by atoms with E-state index in [0.717, 1.165) is 25.0 Å². The second-order valence-electron chi connectivity index (χ2n) is 9.23. The number of aromatic carboxylic acids is 1. The van der Waals surface area contributed by atoms with Crippen LogP contribution in [0.15, 0.2) is 51.2 Å². The Hall–Kier alpha value is -2.27. The number of allylic oxidation sites excluding steroid dienone is 1. The summed E-state index contributed by atoms with van der Waals surface area (Å²) in [5, 5.41) is 18.1. The van der Waals surface area contributed by atoms with E-state index in [-0.39, 0.29) is 140 Å². The van der Waals surface area contributed by atoms with Crippen molar-refractivity contribution in [3.8, 4) is 0 Å². The Morgan fingerprint density at radius 3 is 2.36 bits per heavy atom. The zero-order valence-corrected chi connectivity index (χ0v) is 33.1. The molecule has 0 bridgehead atoms. The minimum atomic E-state index is -4.94. The van der Waals surface area contributed by atoms with Gasteiger partial charge in [0.25, 0.3) is 0 Å². The van der Waals surface area contributed by atoms with Crippen molar-refractivity contribution in [2.75, 3.05) is 22.2 Å². The zero-order chi connectivity index (χ0) is 32.2. The van der Waals surface area contributed by atoms with Crippen molar-refractivity contribution in [2.45, 2.75) is 30.7 Å². The molecule has 17 nitrogen and oxygen atoms in total. The normalized spacial score (nSPS) is 15.5. The number of carboxylic acid groups (broad SMARTS) is 1. The molecule has 1 aromatic heterocycles. The summed E-state index contributed by atoms with van der Waals surface area (Å²) >= 11 is 0. The van der Waals surface area contributed by atoms with Crippen molar-refractivity contribution in [3.63, 3.8) is 0 Å². The number of carbonyl (C=O) groups is 2. The van der Waals surface area contributed by atoms with Gasteiger partial charge in [0.05, 0.1) is 11.7 Å². The number of hydrogen-bond donors (Lipinski definition) is 3. The van der Waals surface area contributed by atoms with E-state index >= 15 is 0 Å². The van der Waals surface area contributed by atoms with Crippen LogP contribution < -0.4 is 115 Å². The number of nitrogens with zero attached hydrogens (tertiary/aromatic N) is 4. The van der Waals surface area contributed by atoms with Crippen molar-refractivity contribution in [1.29, 1.82) is 0 Å². The largest absolute Gasteiger partial charge is 1.00 e. The van der Waals surface area contributed by atoms with E-state index in [1.807, 2.05) is 11.8 Å². The molecule has 230 valence electrons. The third-order valence-electron chi connectivity index (χ3n) is 6.37. The third kappa shape index (κ3) is 11.1. The summed E-state index contributed by atoms with van der Waals surface area (Å²) in [7, 11) is -8.06. The number of nitrogens with one attached hydrogen (secondary N) is 3. The number of benzene rings is 2. The SMILES string of the molecule is CC1CCCN1c1nc(Nc2cc(S(=O)(=O)[O-])cc3c2C(=O)C(=NNc2ccccc2C(=O)[O-])[C-]=C3)[nH]c(=O)n1.O=S(=O)=O.[Na+].[Na+].[Na+]. The molecule has 3 N–H and O–H groups in total. The maximum atomic E-state index is 13.5. The first-order valence-electron chi connectivity index (χ1n) is 12.5. The molecule has 47 heavy (non-hydrogen) atoms. The number of Topliss-reactive ketones (excluding diaryl/α,β-unsaturated/α-hetero) is 1. The van der Waals surface area contributed by atoms with Crippen molar-refractivity contribution in [1.82, 2.24) is 15.0 Å². The molecule has 0 radical (unpaired) electrons. The Bertz CT molecular complexity index is 2000. The Labute approximate surface area is 335 Å². The van der Waals surface area contributed by atoms with Gasteiger partial charge < -0.3 is 29.5 Å². The molecule has 1 atom stereocenters. The van der Waals surface area contributed by atoms with Crippen LogP contribution in [0.2, 0.25) is 0 Å². The fourth-order valence-corrected chi connectivity index (χ4v) is 4.99. The van der Waals surface area contributed by atoms with Crippen LogP contribution in [0, 0.1) is 6.08 Å². The Morgan fingerprint density at radius 1 is 1.11 bits per heavy atom. The number of carboxylic acids is 1. The van der Waals surface area contributed by atoms with Crippen LogP contribution in [0.4, 0.5) is 23.3 Å². The molecule has 0 spiro atoms. The summed E-state index contributed by atoms with van der Waals surface area (Å²) in [6, 6.07) is 7.82. The number of H-pyrrole nitrogens is 1. The first-order valence-corrected chi connectivity index (χ1v) is 14.9. The average Bonchev–Trinajstić information content (AvgIpc) is 3.37. The van der Waals surface area contributed by atoms with E-state index in [4.69, 9.17) is 12.6 Å². The van der Waals surface area contributed by atoms with E-state index in [0.29, 0.717) is 6.54 Å². The third-order valence-corrected chi connectivity index (χ3v) is 7.19. The van der Waals surface area contributed by atoms with Gasteiger partial charge in [-0.1, -0.05) is 29.8 Å².